The topological polar surface area (TPSA) is 32.8 Å². The van der Waals surface area contributed by atoms with Crippen molar-refractivity contribution in [3.05, 3.63) is 6.92 Å². The van der Waals surface area contributed by atoms with E-state index in [2.05, 4.69) is 11.8 Å². The van der Waals surface area contributed by atoms with E-state index in [1.807, 2.05) is 6.92 Å². The minimum Gasteiger partial charge on any atom is -0.450 e. The lowest BCUT2D eigenvalue weighted by atomic mass is 10.2. The van der Waals surface area contributed by atoms with Crippen molar-refractivity contribution in [2.45, 2.75) is 32.6 Å². The second-order valence-corrected chi connectivity index (χ2v) is 4.44. The quantitative estimate of drug-likeness (QED) is 0.668. The number of hydrogen-bond acceptors (Lipinski definition) is 3. The summed E-state index contributed by atoms with van der Waals surface area (Å²) >= 11 is 0. The van der Waals surface area contributed by atoms with Gasteiger partial charge in [-0.05, 0) is 19.9 Å². The average Bonchev–Trinajstić information content (AvgIpc) is 2.36. The van der Waals surface area contributed by atoms with Gasteiger partial charge < -0.3 is 9.64 Å². The highest BCUT2D eigenvalue weighted by atomic mass is 16.6. The molecule has 1 heterocycles. The van der Waals surface area contributed by atoms with Crippen LogP contribution < -0.4 is 0 Å². The van der Waals surface area contributed by atoms with Gasteiger partial charge in [0, 0.05) is 26.2 Å². The van der Waals surface area contributed by atoms with Gasteiger partial charge in [-0.15, -0.1) is 0 Å². The molecule has 0 aromatic rings. The highest BCUT2D eigenvalue weighted by molar-refractivity contribution is 5.67. The summed E-state index contributed by atoms with van der Waals surface area (Å²) in [7, 11) is 0. The van der Waals surface area contributed by atoms with E-state index in [4.69, 9.17) is 4.74 Å². The minimum atomic E-state index is -0.163. The van der Waals surface area contributed by atoms with Gasteiger partial charge >= 0.3 is 6.09 Å². The average molecular weight is 241 g/mol. The standard InChI is InChI=1S/C13H25N2O2/c1-3-5-6-7-8-14-9-11-15(12-10-14)13(16)17-4-2/h1,3-12H2,2H3. The molecule has 0 bridgehead atoms. The summed E-state index contributed by atoms with van der Waals surface area (Å²) < 4.78 is 4.99. The Kier molecular flexibility index (Phi) is 7.01. The molecule has 0 aliphatic carbocycles. The number of ether oxygens (including phenoxy) is 1. The molecule has 1 aliphatic rings. The molecule has 1 saturated heterocycles. The number of nitrogens with zero attached hydrogens (tertiary/aromatic N) is 2. The maximum atomic E-state index is 11.5. The highest BCUT2D eigenvalue weighted by Gasteiger charge is 2.21. The molecule has 4 heteroatoms. The smallest absolute Gasteiger partial charge is 0.409 e. The third-order valence-corrected chi connectivity index (χ3v) is 3.12. The lowest BCUT2D eigenvalue weighted by Gasteiger charge is -2.33. The molecule has 1 radical (unpaired) electrons. The van der Waals surface area contributed by atoms with Crippen LogP contribution in [-0.2, 0) is 4.74 Å². The Morgan fingerprint density at radius 3 is 2.47 bits per heavy atom. The van der Waals surface area contributed by atoms with Gasteiger partial charge in [-0.3, -0.25) is 4.90 Å². The molecular weight excluding hydrogens is 216 g/mol. The van der Waals surface area contributed by atoms with Gasteiger partial charge in [0.15, 0.2) is 0 Å². The van der Waals surface area contributed by atoms with E-state index in [0.29, 0.717) is 6.61 Å². The summed E-state index contributed by atoms with van der Waals surface area (Å²) in [5.41, 5.74) is 0. The number of hydrogen-bond donors (Lipinski definition) is 0. The predicted molar refractivity (Wildman–Crippen MR) is 68.9 cm³/mol. The first kappa shape index (κ1) is 14.3. The fraction of sp³-hybridized carbons (Fsp3) is 0.846. The monoisotopic (exact) mass is 241 g/mol. The van der Waals surface area contributed by atoms with Crippen LogP contribution in [0.1, 0.15) is 32.6 Å². The molecule has 1 rings (SSSR count). The Morgan fingerprint density at radius 1 is 1.18 bits per heavy atom. The van der Waals surface area contributed by atoms with Crippen molar-refractivity contribution in [2.75, 3.05) is 39.3 Å². The Bertz CT molecular complexity index is 213. The third-order valence-electron chi connectivity index (χ3n) is 3.12. The van der Waals surface area contributed by atoms with Crippen molar-refractivity contribution in [2.24, 2.45) is 0 Å². The zero-order valence-corrected chi connectivity index (χ0v) is 11.0. The molecule has 0 spiro atoms. The molecule has 0 saturated carbocycles. The largest absolute Gasteiger partial charge is 0.450 e. The van der Waals surface area contributed by atoms with E-state index in [-0.39, 0.29) is 6.09 Å². The fourth-order valence-corrected chi connectivity index (χ4v) is 2.06. The molecule has 0 unspecified atom stereocenters. The lowest BCUT2D eigenvalue weighted by molar-refractivity contribution is 0.0792. The van der Waals surface area contributed by atoms with Gasteiger partial charge in [0.05, 0.1) is 6.61 Å². The van der Waals surface area contributed by atoms with Gasteiger partial charge in [-0.1, -0.05) is 26.2 Å². The molecule has 1 fully saturated rings. The third kappa shape index (κ3) is 5.39. The zero-order valence-electron chi connectivity index (χ0n) is 11.0. The molecule has 17 heavy (non-hydrogen) atoms. The van der Waals surface area contributed by atoms with E-state index >= 15 is 0 Å². The number of unbranched alkanes of at least 4 members (excludes halogenated alkanes) is 3. The Morgan fingerprint density at radius 2 is 1.88 bits per heavy atom. The van der Waals surface area contributed by atoms with Crippen molar-refractivity contribution in [3.63, 3.8) is 0 Å². The molecule has 0 aromatic heterocycles. The lowest BCUT2D eigenvalue weighted by Crippen LogP contribution is -2.49. The molecule has 99 valence electrons. The maximum absolute atomic E-state index is 11.5. The number of rotatable bonds is 6. The maximum Gasteiger partial charge on any atom is 0.409 e. The summed E-state index contributed by atoms with van der Waals surface area (Å²) in [6.45, 7) is 10.9. The number of amides is 1. The Balaban J connectivity index is 2.11. The molecule has 4 nitrogen and oxygen atoms in total. The zero-order chi connectivity index (χ0) is 12.5. The van der Waals surface area contributed by atoms with Crippen molar-refractivity contribution >= 4 is 6.09 Å². The van der Waals surface area contributed by atoms with Crippen LogP contribution in [0.15, 0.2) is 0 Å². The molecule has 1 aliphatic heterocycles. The van der Waals surface area contributed by atoms with Crippen LogP contribution in [0.25, 0.3) is 0 Å². The van der Waals surface area contributed by atoms with Gasteiger partial charge in [-0.25, -0.2) is 4.79 Å². The molecule has 0 atom stereocenters. The Hall–Kier alpha value is -0.770. The van der Waals surface area contributed by atoms with E-state index in [1.54, 1.807) is 4.90 Å². The van der Waals surface area contributed by atoms with Gasteiger partial charge in [-0.2, -0.15) is 0 Å². The van der Waals surface area contributed by atoms with E-state index in [1.165, 1.54) is 19.3 Å². The normalized spacial score (nSPS) is 17.2. The predicted octanol–water partition coefficient (Wildman–Crippen LogP) is 2.15. The van der Waals surface area contributed by atoms with Crippen molar-refractivity contribution in [3.8, 4) is 0 Å². The first-order valence-corrected chi connectivity index (χ1v) is 6.71. The van der Waals surface area contributed by atoms with E-state index in [0.717, 1.165) is 39.1 Å². The van der Waals surface area contributed by atoms with Crippen molar-refractivity contribution < 1.29 is 9.53 Å². The van der Waals surface area contributed by atoms with Crippen molar-refractivity contribution in [1.82, 2.24) is 9.80 Å². The SMILES string of the molecule is [CH2]CCCCCN1CCN(C(=O)OCC)CC1. The summed E-state index contributed by atoms with van der Waals surface area (Å²) in [6, 6.07) is 0. The summed E-state index contributed by atoms with van der Waals surface area (Å²) in [6.07, 6.45) is 4.61. The molecular formula is C13H25N2O2. The number of carbonyl (C=O) groups excluding carboxylic acids is 1. The van der Waals surface area contributed by atoms with Crippen molar-refractivity contribution in [1.29, 1.82) is 0 Å². The molecule has 0 N–H and O–H groups in total. The van der Waals surface area contributed by atoms with Crippen LogP contribution in [0, 0.1) is 6.92 Å². The summed E-state index contributed by atoms with van der Waals surface area (Å²) in [4.78, 5) is 15.7. The first-order valence-electron chi connectivity index (χ1n) is 6.71. The second kappa shape index (κ2) is 8.34. The van der Waals surface area contributed by atoms with E-state index in [9.17, 15) is 4.79 Å². The second-order valence-electron chi connectivity index (χ2n) is 4.44. The van der Waals surface area contributed by atoms with Gasteiger partial charge in [0.1, 0.15) is 0 Å². The van der Waals surface area contributed by atoms with Gasteiger partial charge in [0.25, 0.3) is 0 Å². The van der Waals surface area contributed by atoms with Crippen LogP contribution in [-0.4, -0.2) is 55.2 Å². The van der Waals surface area contributed by atoms with E-state index < -0.39 is 0 Å². The highest BCUT2D eigenvalue weighted by Crippen LogP contribution is 2.06. The summed E-state index contributed by atoms with van der Waals surface area (Å²) in [5, 5.41) is 0. The van der Waals surface area contributed by atoms with Crippen LogP contribution in [0.5, 0.6) is 0 Å². The molecule has 0 aromatic carbocycles. The van der Waals surface area contributed by atoms with Gasteiger partial charge in [0.2, 0.25) is 0 Å². The number of carbonyl (C=O) groups is 1. The van der Waals surface area contributed by atoms with Crippen LogP contribution in [0.4, 0.5) is 4.79 Å². The number of piperazine rings is 1. The van der Waals surface area contributed by atoms with Crippen LogP contribution in [0.3, 0.4) is 0 Å². The van der Waals surface area contributed by atoms with Crippen LogP contribution in [0.2, 0.25) is 0 Å². The Labute approximate surface area is 105 Å². The first-order chi connectivity index (χ1) is 8.27. The molecule has 1 amide bonds. The summed E-state index contributed by atoms with van der Waals surface area (Å²) in [5.74, 6) is 0. The minimum absolute atomic E-state index is 0.163. The van der Waals surface area contributed by atoms with Crippen LogP contribution >= 0.6 is 0 Å². The fourth-order valence-electron chi connectivity index (χ4n) is 2.06.